The lowest BCUT2D eigenvalue weighted by Gasteiger charge is -2.02. The number of benzene rings is 1. The molecule has 0 aliphatic rings. The normalized spacial score (nSPS) is 10.4. The maximum atomic E-state index is 5.85. The zero-order valence-corrected chi connectivity index (χ0v) is 8.70. The molecule has 14 heavy (non-hydrogen) atoms. The van der Waals surface area contributed by atoms with Crippen molar-refractivity contribution >= 4 is 23.2 Å². The molecule has 2 aromatic rings. The summed E-state index contributed by atoms with van der Waals surface area (Å²) in [4.78, 5) is 0. The Morgan fingerprint density at radius 1 is 1.29 bits per heavy atom. The van der Waals surface area contributed by atoms with Crippen LogP contribution in [0.4, 0.5) is 0 Å². The molecule has 0 fully saturated rings. The van der Waals surface area contributed by atoms with Crippen LogP contribution in [0.15, 0.2) is 30.6 Å². The topological polar surface area (TPSA) is 30.7 Å². The van der Waals surface area contributed by atoms with Gasteiger partial charge in [-0.1, -0.05) is 23.7 Å². The highest BCUT2D eigenvalue weighted by Gasteiger charge is 2.01. The first-order valence-electron chi connectivity index (χ1n) is 4.03. The van der Waals surface area contributed by atoms with Crippen LogP contribution in [0.1, 0.15) is 5.56 Å². The van der Waals surface area contributed by atoms with E-state index in [4.69, 9.17) is 23.2 Å². The number of hydrogen-bond donors (Lipinski definition) is 0. The number of nitrogens with zero attached hydrogens (tertiary/aromatic N) is 3. The lowest BCUT2D eigenvalue weighted by atomic mass is 10.2. The molecule has 1 aromatic heterocycles. The van der Waals surface area contributed by atoms with Crippen LogP contribution < -0.4 is 0 Å². The molecule has 0 amide bonds. The highest BCUT2D eigenvalue weighted by atomic mass is 35.5. The van der Waals surface area contributed by atoms with Crippen molar-refractivity contribution in [2.24, 2.45) is 0 Å². The Kier molecular flexibility index (Phi) is 2.70. The van der Waals surface area contributed by atoms with Crippen LogP contribution in [-0.4, -0.2) is 14.8 Å². The van der Waals surface area contributed by atoms with E-state index in [0.717, 1.165) is 5.56 Å². The number of aromatic nitrogens is 3. The lowest BCUT2D eigenvalue weighted by molar-refractivity contribution is 0.795. The SMILES string of the molecule is Clc1cccc(Cn2cnnc2Cl)c1. The van der Waals surface area contributed by atoms with Crippen molar-refractivity contribution in [1.29, 1.82) is 0 Å². The van der Waals surface area contributed by atoms with E-state index in [1.165, 1.54) is 0 Å². The van der Waals surface area contributed by atoms with E-state index in [1.54, 1.807) is 10.9 Å². The van der Waals surface area contributed by atoms with Crippen molar-refractivity contribution in [3.05, 3.63) is 46.5 Å². The third-order valence-corrected chi connectivity index (χ3v) is 2.34. The van der Waals surface area contributed by atoms with Gasteiger partial charge in [0.1, 0.15) is 6.33 Å². The Bertz CT molecular complexity index is 439. The fourth-order valence-electron chi connectivity index (χ4n) is 1.18. The maximum absolute atomic E-state index is 5.85. The molecule has 5 heteroatoms. The monoisotopic (exact) mass is 227 g/mol. The van der Waals surface area contributed by atoms with Crippen LogP contribution in [-0.2, 0) is 6.54 Å². The molecule has 0 aliphatic heterocycles. The molecule has 1 heterocycles. The highest BCUT2D eigenvalue weighted by Crippen LogP contribution is 2.13. The average molecular weight is 228 g/mol. The molecule has 0 radical (unpaired) electrons. The first-order chi connectivity index (χ1) is 6.75. The maximum Gasteiger partial charge on any atom is 0.225 e. The number of rotatable bonds is 2. The molecule has 1 aromatic carbocycles. The lowest BCUT2D eigenvalue weighted by Crippen LogP contribution is -1.97. The van der Waals surface area contributed by atoms with Gasteiger partial charge in [-0.3, -0.25) is 4.57 Å². The van der Waals surface area contributed by atoms with Crippen LogP contribution in [0.25, 0.3) is 0 Å². The predicted octanol–water partition coefficient (Wildman–Crippen LogP) is 2.63. The molecule has 0 spiro atoms. The number of hydrogen-bond acceptors (Lipinski definition) is 2. The van der Waals surface area contributed by atoms with Crippen LogP contribution in [0.2, 0.25) is 10.3 Å². The minimum Gasteiger partial charge on any atom is -0.300 e. The highest BCUT2D eigenvalue weighted by molar-refractivity contribution is 6.30. The molecule has 0 saturated carbocycles. The van der Waals surface area contributed by atoms with E-state index in [1.807, 2.05) is 24.3 Å². The zero-order chi connectivity index (χ0) is 9.97. The summed E-state index contributed by atoms with van der Waals surface area (Å²) >= 11 is 11.6. The molecule has 0 atom stereocenters. The Hall–Kier alpha value is -1.06. The predicted molar refractivity (Wildman–Crippen MR) is 55.6 cm³/mol. The molecule has 0 unspecified atom stereocenters. The Morgan fingerprint density at radius 3 is 2.79 bits per heavy atom. The van der Waals surface area contributed by atoms with Gasteiger partial charge >= 0.3 is 0 Å². The van der Waals surface area contributed by atoms with Gasteiger partial charge < -0.3 is 0 Å². The molecular weight excluding hydrogens is 221 g/mol. The molecule has 0 N–H and O–H groups in total. The summed E-state index contributed by atoms with van der Waals surface area (Å²) < 4.78 is 1.74. The van der Waals surface area contributed by atoms with Gasteiger partial charge in [-0.25, -0.2) is 0 Å². The van der Waals surface area contributed by atoms with Crippen molar-refractivity contribution < 1.29 is 0 Å². The minimum absolute atomic E-state index is 0.380. The van der Waals surface area contributed by atoms with E-state index < -0.39 is 0 Å². The second-order valence-corrected chi connectivity index (χ2v) is 3.63. The quantitative estimate of drug-likeness (QED) is 0.790. The van der Waals surface area contributed by atoms with Crippen LogP contribution >= 0.6 is 23.2 Å². The summed E-state index contributed by atoms with van der Waals surface area (Å²) in [7, 11) is 0. The smallest absolute Gasteiger partial charge is 0.225 e. The van der Waals surface area contributed by atoms with Crippen molar-refractivity contribution in [3.8, 4) is 0 Å². The average Bonchev–Trinajstić information content (AvgIpc) is 2.52. The van der Waals surface area contributed by atoms with Crippen molar-refractivity contribution in [2.75, 3.05) is 0 Å². The van der Waals surface area contributed by atoms with E-state index in [0.29, 0.717) is 16.9 Å². The summed E-state index contributed by atoms with van der Waals surface area (Å²) in [5, 5.41) is 8.46. The van der Waals surface area contributed by atoms with Gasteiger partial charge in [-0.15, -0.1) is 10.2 Å². The molecule has 2 rings (SSSR count). The summed E-state index contributed by atoms with van der Waals surface area (Å²) in [6.07, 6.45) is 1.59. The molecule has 0 bridgehead atoms. The van der Waals surface area contributed by atoms with E-state index in [2.05, 4.69) is 10.2 Å². The van der Waals surface area contributed by atoms with Crippen molar-refractivity contribution in [2.45, 2.75) is 6.54 Å². The van der Waals surface area contributed by atoms with Gasteiger partial charge in [-0.2, -0.15) is 0 Å². The van der Waals surface area contributed by atoms with E-state index in [9.17, 15) is 0 Å². The Labute approximate surface area is 91.3 Å². The minimum atomic E-state index is 0.380. The van der Waals surface area contributed by atoms with Gasteiger partial charge in [0.05, 0.1) is 6.54 Å². The van der Waals surface area contributed by atoms with Gasteiger partial charge in [0.2, 0.25) is 5.28 Å². The third-order valence-electron chi connectivity index (χ3n) is 1.81. The summed E-state index contributed by atoms with van der Waals surface area (Å²) in [6, 6.07) is 7.59. The van der Waals surface area contributed by atoms with E-state index >= 15 is 0 Å². The molecule has 0 saturated heterocycles. The summed E-state index contributed by atoms with van der Waals surface area (Å²) in [6.45, 7) is 0.631. The molecule has 0 aliphatic carbocycles. The largest absolute Gasteiger partial charge is 0.300 e. The zero-order valence-electron chi connectivity index (χ0n) is 7.19. The Morgan fingerprint density at radius 2 is 2.14 bits per heavy atom. The summed E-state index contributed by atoms with van der Waals surface area (Å²) in [5.74, 6) is 0. The first kappa shape index (κ1) is 9.49. The molecular formula is C9H7Cl2N3. The standard InChI is InChI=1S/C9H7Cl2N3/c10-8-3-1-2-7(4-8)5-14-6-12-13-9(14)11/h1-4,6H,5H2. The van der Waals surface area contributed by atoms with Crippen molar-refractivity contribution in [3.63, 3.8) is 0 Å². The second kappa shape index (κ2) is 3.98. The summed E-state index contributed by atoms with van der Waals surface area (Å²) in [5.41, 5.74) is 1.07. The fourth-order valence-corrected chi connectivity index (χ4v) is 1.54. The van der Waals surface area contributed by atoms with E-state index in [-0.39, 0.29) is 0 Å². The molecule has 72 valence electrons. The van der Waals surface area contributed by atoms with Gasteiger partial charge in [-0.05, 0) is 29.3 Å². The number of halogens is 2. The van der Waals surface area contributed by atoms with Gasteiger partial charge in [0, 0.05) is 5.02 Å². The van der Waals surface area contributed by atoms with Gasteiger partial charge in [0.15, 0.2) is 0 Å². The van der Waals surface area contributed by atoms with Crippen molar-refractivity contribution in [1.82, 2.24) is 14.8 Å². The molecule has 3 nitrogen and oxygen atoms in total. The van der Waals surface area contributed by atoms with Gasteiger partial charge in [0.25, 0.3) is 0 Å². The van der Waals surface area contributed by atoms with Crippen LogP contribution in [0, 0.1) is 0 Å². The Balaban J connectivity index is 2.23. The van der Waals surface area contributed by atoms with Crippen LogP contribution in [0.5, 0.6) is 0 Å². The fraction of sp³-hybridized carbons (Fsp3) is 0.111. The third kappa shape index (κ3) is 2.05. The first-order valence-corrected chi connectivity index (χ1v) is 4.79. The second-order valence-electron chi connectivity index (χ2n) is 2.86. The van der Waals surface area contributed by atoms with Crippen LogP contribution in [0.3, 0.4) is 0 Å².